The Morgan fingerprint density at radius 2 is 1.12 bits per heavy atom. The topological polar surface area (TPSA) is 220 Å². The molecule has 6 fully saturated rings. The van der Waals surface area contributed by atoms with Gasteiger partial charge in [-0.25, -0.2) is 18.4 Å². The lowest BCUT2D eigenvalue weighted by Crippen LogP contribution is -2.69. The van der Waals surface area contributed by atoms with Crippen LogP contribution in [0, 0.1) is 57.2 Å². The van der Waals surface area contributed by atoms with E-state index in [-0.39, 0.29) is 37.4 Å². The Labute approximate surface area is 395 Å². The molecule has 8 rings (SSSR count). The van der Waals surface area contributed by atoms with Gasteiger partial charge in [0.2, 0.25) is 11.6 Å². The molecule has 14 nitrogen and oxygen atoms in total. The number of esters is 1. The van der Waals surface area contributed by atoms with Crippen LogP contribution in [0.25, 0.3) is 0 Å². The number of rotatable bonds is 12. The van der Waals surface area contributed by atoms with E-state index < -0.39 is 141 Å². The van der Waals surface area contributed by atoms with Crippen molar-refractivity contribution in [2.24, 2.45) is 57.2 Å². The molecule has 8 aliphatic rings. The van der Waals surface area contributed by atoms with Gasteiger partial charge in [0.05, 0.1) is 18.8 Å². The SMILES string of the molecule is C[C@@H]1C[C@H]2[C@@H]3CCC4=CC(=O)C=C[C@]4(C)[C@@]3(F)[C@@H](O)C[C@]2(C)[C@@]1(O)C(=O)COC(=O)COCCC(C)(C)OC(=O)OCC(=O)[C@@]1(O)[C@H](C)C[C@H]2[C@@H]3CCC4=CC(=O)C=C[C@]4(C)[C@@]3(F)[C@@H](O)C[C@@]21C. The largest absolute Gasteiger partial charge is 0.509 e. The molecule has 374 valence electrons. The summed E-state index contributed by atoms with van der Waals surface area (Å²) >= 11 is 0. The Balaban J connectivity index is 0.804. The van der Waals surface area contributed by atoms with Crippen LogP contribution < -0.4 is 0 Å². The molecule has 4 N–H and O–H groups in total. The second kappa shape index (κ2) is 16.6. The molecule has 0 aliphatic heterocycles. The van der Waals surface area contributed by atoms with E-state index in [0.29, 0.717) is 49.7 Å². The van der Waals surface area contributed by atoms with Crippen molar-refractivity contribution in [2.75, 3.05) is 26.4 Å². The summed E-state index contributed by atoms with van der Waals surface area (Å²) in [6, 6.07) is 0. The zero-order valence-electron chi connectivity index (χ0n) is 40.4. The van der Waals surface area contributed by atoms with Crippen molar-refractivity contribution in [1.29, 1.82) is 0 Å². The fourth-order valence-electron chi connectivity index (χ4n) is 15.6. The van der Waals surface area contributed by atoms with E-state index in [9.17, 15) is 49.2 Å². The van der Waals surface area contributed by atoms with E-state index in [4.69, 9.17) is 18.9 Å². The highest BCUT2D eigenvalue weighted by molar-refractivity contribution is 6.02. The van der Waals surface area contributed by atoms with E-state index in [0.717, 1.165) is 0 Å². The zero-order valence-corrected chi connectivity index (χ0v) is 40.4. The maximum atomic E-state index is 17.5. The number of ether oxygens (including phenoxy) is 4. The van der Waals surface area contributed by atoms with Crippen molar-refractivity contribution >= 4 is 35.3 Å². The predicted octanol–water partition coefficient (Wildman–Crippen LogP) is 5.70. The summed E-state index contributed by atoms with van der Waals surface area (Å²) in [5, 5.41) is 47.7. The van der Waals surface area contributed by atoms with Crippen molar-refractivity contribution in [3.05, 3.63) is 47.6 Å². The highest BCUT2D eigenvalue weighted by Crippen LogP contribution is 2.72. The van der Waals surface area contributed by atoms with Crippen molar-refractivity contribution in [3.63, 3.8) is 0 Å². The molecule has 0 aromatic carbocycles. The molecule has 0 amide bonds. The van der Waals surface area contributed by atoms with Crippen molar-refractivity contribution in [1.82, 2.24) is 0 Å². The number of ketones is 4. The van der Waals surface area contributed by atoms with Gasteiger partial charge in [0.25, 0.3) is 0 Å². The van der Waals surface area contributed by atoms with Crippen LogP contribution in [0.15, 0.2) is 47.6 Å². The summed E-state index contributed by atoms with van der Waals surface area (Å²) in [6.07, 6.45) is 5.97. The third-order valence-electron chi connectivity index (χ3n) is 19.4. The number of hydrogen-bond donors (Lipinski definition) is 4. The molecule has 16 heteroatoms. The lowest BCUT2D eigenvalue weighted by molar-refractivity contribution is -0.220. The standard InChI is InChI=1S/C52H68F2O14/c1-28-19-36-34-11-9-30-21-32(55)13-15-45(30,5)49(34,53)38(57)23-47(36,7)51(28,63)40(59)25-66-42(61)27-65-18-17-44(3,4)68-43(62)67-26-41(60)52(64)29(2)20-37-35-12-10-31-22-33(56)14-16-46(31,6)50(35,54)39(58)24-48(37,52)8/h13-16,21-22,28-29,34-39,57-58,63-64H,9-12,17-20,23-27H2,1-8H3/t28-,29-,34+,35+,36+,37+,38+,39+,45+,46+,47+,48+,49+,50+,51+,52+/m1/s1. The average Bonchev–Trinajstić information content (AvgIpc) is 3.59. The molecule has 0 aromatic heterocycles. The molecule has 8 aliphatic carbocycles. The van der Waals surface area contributed by atoms with Gasteiger partial charge in [-0.1, -0.05) is 51.0 Å². The molecular weight excluding hydrogens is 887 g/mol. The molecule has 0 radical (unpaired) electrons. The minimum atomic E-state index is -2.15. The fraction of sp³-hybridized carbons (Fsp3) is 0.731. The summed E-state index contributed by atoms with van der Waals surface area (Å²) in [7, 11) is 0. The van der Waals surface area contributed by atoms with Crippen LogP contribution in [0.4, 0.5) is 13.6 Å². The van der Waals surface area contributed by atoms with Gasteiger partial charge in [-0.05, 0) is 127 Å². The molecule has 0 spiro atoms. The Kier molecular flexibility index (Phi) is 12.3. The summed E-state index contributed by atoms with van der Waals surface area (Å²) < 4.78 is 56.5. The van der Waals surface area contributed by atoms with E-state index in [1.807, 2.05) is 0 Å². The Morgan fingerprint density at radius 3 is 1.56 bits per heavy atom. The molecule has 6 saturated carbocycles. The number of hydrogen-bond acceptors (Lipinski definition) is 14. The first kappa shape index (κ1) is 50.4. The molecule has 0 aromatic rings. The number of alkyl halides is 2. The maximum absolute atomic E-state index is 17.5. The average molecular weight is 955 g/mol. The van der Waals surface area contributed by atoms with Gasteiger partial charge in [-0.2, -0.15) is 0 Å². The molecule has 0 bridgehead atoms. The van der Waals surface area contributed by atoms with Crippen LogP contribution in [-0.2, 0) is 42.9 Å². The fourth-order valence-corrected chi connectivity index (χ4v) is 15.6. The molecule has 16 atom stereocenters. The maximum Gasteiger partial charge on any atom is 0.509 e. The third kappa shape index (κ3) is 6.90. The number of fused-ring (bicyclic) bond motifs is 10. The second-order valence-electron chi connectivity index (χ2n) is 23.0. The van der Waals surface area contributed by atoms with Crippen LogP contribution >= 0.6 is 0 Å². The van der Waals surface area contributed by atoms with Gasteiger partial charge < -0.3 is 39.4 Å². The van der Waals surface area contributed by atoms with E-state index in [1.54, 1.807) is 61.5 Å². The van der Waals surface area contributed by atoms with E-state index >= 15 is 8.78 Å². The van der Waals surface area contributed by atoms with Crippen LogP contribution in [0.3, 0.4) is 0 Å². The predicted molar refractivity (Wildman–Crippen MR) is 239 cm³/mol. The normalized spacial score (nSPS) is 45.6. The number of halogens is 2. The second-order valence-corrected chi connectivity index (χ2v) is 23.0. The molecule has 0 saturated heterocycles. The van der Waals surface area contributed by atoms with Gasteiger partial charge in [0.1, 0.15) is 23.4 Å². The monoisotopic (exact) mass is 954 g/mol. The number of carbonyl (C=O) groups is 6. The summed E-state index contributed by atoms with van der Waals surface area (Å²) in [5.74, 6) is -6.71. The third-order valence-corrected chi connectivity index (χ3v) is 19.4. The lowest BCUT2D eigenvalue weighted by atomic mass is 9.44. The van der Waals surface area contributed by atoms with Gasteiger partial charge in [-0.3, -0.25) is 19.2 Å². The van der Waals surface area contributed by atoms with Crippen LogP contribution in [-0.4, -0.2) is 122 Å². The summed E-state index contributed by atoms with van der Waals surface area (Å²) in [6.45, 7) is 10.9. The molecule has 68 heavy (non-hydrogen) atoms. The molecule has 0 heterocycles. The van der Waals surface area contributed by atoms with Gasteiger partial charge in [0.15, 0.2) is 36.1 Å². The summed E-state index contributed by atoms with van der Waals surface area (Å²) in [4.78, 5) is 77.8. The Hall–Kier alpha value is -3.96. The number of allylic oxidation sites excluding steroid dienone is 8. The van der Waals surface area contributed by atoms with Gasteiger partial charge >= 0.3 is 12.1 Å². The summed E-state index contributed by atoms with van der Waals surface area (Å²) in [5.41, 5.74) is -13.4. The van der Waals surface area contributed by atoms with Crippen molar-refractivity contribution in [3.8, 4) is 0 Å². The van der Waals surface area contributed by atoms with Crippen LogP contribution in [0.1, 0.15) is 113 Å². The first-order valence-corrected chi connectivity index (χ1v) is 24.2. The first-order valence-electron chi connectivity index (χ1n) is 24.2. The smallest absolute Gasteiger partial charge is 0.456 e. The van der Waals surface area contributed by atoms with Crippen LogP contribution in [0.2, 0.25) is 0 Å². The number of carbonyl (C=O) groups excluding carboxylic acids is 6. The molecule has 0 unspecified atom stereocenters. The molecular formula is C52H68F2O14. The minimum absolute atomic E-state index is 0.0470. The van der Waals surface area contributed by atoms with Gasteiger partial charge in [-0.15, -0.1) is 0 Å². The number of Topliss-reactive ketones (excluding diaryl/α,β-unsaturated/α-hetero) is 2. The van der Waals surface area contributed by atoms with E-state index in [2.05, 4.69) is 0 Å². The quantitative estimate of drug-likeness (QED) is 0.136. The first-order chi connectivity index (χ1) is 31.5. The van der Waals surface area contributed by atoms with Crippen molar-refractivity contribution < 1.29 is 76.9 Å². The Morgan fingerprint density at radius 1 is 0.691 bits per heavy atom. The zero-order chi connectivity index (χ0) is 50.0. The lowest BCUT2D eigenvalue weighted by Gasteiger charge is -2.62. The van der Waals surface area contributed by atoms with Crippen molar-refractivity contribution in [2.45, 2.75) is 154 Å². The number of aliphatic hydroxyl groups is 4. The van der Waals surface area contributed by atoms with Gasteiger partial charge in [0, 0.05) is 39.9 Å². The van der Waals surface area contributed by atoms with Crippen LogP contribution in [0.5, 0.6) is 0 Å². The minimum Gasteiger partial charge on any atom is -0.456 e. The highest BCUT2D eigenvalue weighted by Gasteiger charge is 2.77. The number of aliphatic hydroxyl groups excluding tert-OH is 2. The van der Waals surface area contributed by atoms with E-state index in [1.165, 1.54) is 30.4 Å². The highest BCUT2D eigenvalue weighted by atomic mass is 19.1. The Bertz CT molecular complexity index is 2300.